The van der Waals surface area contributed by atoms with E-state index in [1.54, 1.807) is 30.6 Å². The highest BCUT2D eigenvalue weighted by molar-refractivity contribution is 8.00. The van der Waals surface area contributed by atoms with E-state index in [4.69, 9.17) is 23.2 Å². The molecular weight excluding hydrogens is 453 g/mol. The lowest BCUT2D eigenvalue weighted by molar-refractivity contribution is -0.115. The predicted octanol–water partition coefficient (Wildman–Crippen LogP) is 5.76. The summed E-state index contributed by atoms with van der Waals surface area (Å²) in [5.41, 5.74) is 2.32. The van der Waals surface area contributed by atoms with E-state index in [1.807, 2.05) is 54.0 Å². The van der Waals surface area contributed by atoms with Crippen molar-refractivity contribution in [1.29, 1.82) is 0 Å². The Balaban J connectivity index is 1.62. The number of hydrogen-bond acceptors (Lipinski definition) is 5. The molecule has 0 spiro atoms. The minimum atomic E-state index is -0.449. The number of halogens is 2. The van der Waals surface area contributed by atoms with Crippen molar-refractivity contribution in [3.63, 3.8) is 0 Å². The van der Waals surface area contributed by atoms with Gasteiger partial charge in [0.2, 0.25) is 5.91 Å². The van der Waals surface area contributed by atoms with Gasteiger partial charge in [-0.2, -0.15) is 0 Å². The first kappa shape index (κ1) is 21.4. The molecule has 1 atom stereocenters. The van der Waals surface area contributed by atoms with E-state index in [0.717, 1.165) is 11.3 Å². The predicted molar refractivity (Wildman–Crippen MR) is 125 cm³/mol. The van der Waals surface area contributed by atoms with Crippen LogP contribution in [0.25, 0.3) is 17.1 Å². The maximum absolute atomic E-state index is 12.8. The third-order valence-electron chi connectivity index (χ3n) is 4.37. The molecule has 1 N–H and O–H groups in total. The number of aromatic nitrogens is 4. The van der Waals surface area contributed by atoms with Crippen LogP contribution in [0.5, 0.6) is 0 Å². The average molecular weight is 470 g/mol. The standard InChI is InChI=1S/C22H17Cl2N5OS/c1-14(21(30)26-18-12-16(23)11-17(24)13-18)31-22-28-27-20(15-7-9-25-10-8-15)29(22)19-5-3-2-4-6-19/h2-14H,1H3,(H,26,30). The first-order chi connectivity index (χ1) is 15.0. The van der Waals surface area contributed by atoms with Crippen LogP contribution in [-0.2, 0) is 4.79 Å². The SMILES string of the molecule is CC(Sc1nnc(-c2ccncc2)n1-c1ccccc1)C(=O)Nc1cc(Cl)cc(Cl)c1. The molecular formula is C22H17Cl2N5OS. The number of carbonyl (C=O) groups is 1. The molecule has 2 aromatic carbocycles. The van der Waals surface area contributed by atoms with Gasteiger partial charge < -0.3 is 5.32 Å². The van der Waals surface area contributed by atoms with Gasteiger partial charge in [0.1, 0.15) is 0 Å². The van der Waals surface area contributed by atoms with Crippen LogP contribution in [-0.4, -0.2) is 30.9 Å². The zero-order valence-corrected chi connectivity index (χ0v) is 18.7. The monoisotopic (exact) mass is 469 g/mol. The minimum Gasteiger partial charge on any atom is -0.325 e. The molecule has 4 rings (SSSR count). The van der Waals surface area contributed by atoms with Gasteiger partial charge in [-0.1, -0.05) is 53.2 Å². The number of nitrogens with zero attached hydrogens (tertiary/aromatic N) is 4. The summed E-state index contributed by atoms with van der Waals surface area (Å²) < 4.78 is 1.93. The maximum Gasteiger partial charge on any atom is 0.237 e. The van der Waals surface area contributed by atoms with Crippen molar-refractivity contribution < 1.29 is 4.79 Å². The molecule has 156 valence electrons. The van der Waals surface area contributed by atoms with Crippen molar-refractivity contribution in [2.45, 2.75) is 17.3 Å². The van der Waals surface area contributed by atoms with Gasteiger partial charge in [-0.15, -0.1) is 10.2 Å². The Morgan fingerprint density at radius 3 is 2.35 bits per heavy atom. The first-order valence-corrected chi connectivity index (χ1v) is 11.0. The Kier molecular flexibility index (Phi) is 6.56. The van der Waals surface area contributed by atoms with Crippen LogP contribution in [0.2, 0.25) is 10.0 Å². The van der Waals surface area contributed by atoms with Gasteiger partial charge in [0.15, 0.2) is 11.0 Å². The van der Waals surface area contributed by atoms with E-state index in [0.29, 0.717) is 26.7 Å². The Morgan fingerprint density at radius 1 is 1.00 bits per heavy atom. The van der Waals surface area contributed by atoms with E-state index < -0.39 is 5.25 Å². The second-order valence-electron chi connectivity index (χ2n) is 6.62. The van der Waals surface area contributed by atoms with Crippen LogP contribution in [0.1, 0.15) is 6.92 Å². The normalized spacial score (nSPS) is 11.8. The lowest BCUT2D eigenvalue weighted by Crippen LogP contribution is -2.23. The number of anilines is 1. The van der Waals surface area contributed by atoms with Gasteiger partial charge in [-0.25, -0.2) is 0 Å². The molecule has 0 aliphatic rings. The molecule has 0 fully saturated rings. The minimum absolute atomic E-state index is 0.198. The topological polar surface area (TPSA) is 72.7 Å². The summed E-state index contributed by atoms with van der Waals surface area (Å²) in [5.74, 6) is 0.474. The fraction of sp³-hybridized carbons (Fsp3) is 0.0909. The number of rotatable bonds is 6. The third kappa shape index (κ3) is 5.07. The maximum atomic E-state index is 12.8. The molecule has 0 saturated heterocycles. The van der Waals surface area contributed by atoms with E-state index in [1.165, 1.54) is 11.8 Å². The highest BCUT2D eigenvalue weighted by Gasteiger charge is 2.22. The lowest BCUT2D eigenvalue weighted by atomic mass is 10.2. The summed E-state index contributed by atoms with van der Waals surface area (Å²) >= 11 is 13.4. The molecule has 2 aromatic heterocycles. The van der Waals surface area contributed by atoms with Gasteiger partial charge in [0, 0.05) is 39.4 Å². The van der Waals surface area contributed by atoms with Crippen molar-refractivity contribution in [2.75, 3.05) is 5.32 Å². The van der Waals surface area contributed by atoms with Crippen LogP contribution >= 0.6 is 35.0 Å². The Morgan fingerprint density at radius 2 is 1.68 bits per heavy atom. The van der Waals surface area contributed by atoms with Gasteiger partial charge in [-0.05, 0) is 49.4 Å². The molecule has 1 unspecified atom stereocenters. The molecule has 0 aliphatic heterocycles. The highest BCUT2D eigenvalue weighted by Crippen LogP contribution is 2.30. The number of nitrogens with one attached hydrogen (secondary N) is 1. The molecule has 0 saturated carbocycles. The summed E-state index contributed by atoms with van der Waals surface area (Å²) in [7, 11) is 0. The van der Waals surface area contributed by atoms with E-state index >= 15 is 0 Å². The molecule has 4 aromatic rings. The van der Waals surface area contributed by atoms with Crippen molar-refractivity contribution in [2.24, 2.45) is 0 Å². The number of hydrogen-bond donors (Lipinski definition) is 1. The number of carbonyl (C=O) groups excluding carboxylic acids is 1. The fourth-order valence-electron chi connectivity index (χ4n) is 2.93. The third-order valence-corrected chi connectivity index (χ3v) is 5.85. The van der Waals surface area contributed by atoms with Crippen LogP contribution in [0.3, 0.4) is 0 Å². The fourth-order valence-corrected chi connectivity index (χ4v) is 4.32. The molecule has 0 radical (unpaired) electrons. The van der Waals surface area contributed by atoms with Crippen LogP contribution in [0.15, 0.2) is 78.2 Å². The van der Waals surface area contributed by atoms with Gasteiger partial charge >= 0.3 is 0 Å². The number of amides is 1. The Hall–Kier alpha value is -2.87. The van der Waals surface area contributed by atoms with Crippen molar-refractivity contribution in [3.8, 4) is 17.1 Å². The Labute approximate surface area is 193 Å². The van der Waals surface area contributed by atoms with Gasteiger partial charge in [0.05, 0.1) is 5.25 Å². The number of pyridine rings is 1. The smallest absolute Gasteiger partial charge is 0.237 e. The number of benzene rings is 2. The number of thioether (sulfide) groups is 1. The van der Waals surface area contributed by atoms with E-state index in [2.05, 4.69) is 20.5 Å². The second-order valence-corrected chi connectivity index (χ2v) is 8.80. The summed E-state index contributed by atoms with van der Waals surface area (Å²) in [6, 6.07) is 18.4. The van der Waals surface area contributed by atoms with Crippen LogP contribution in [0, 0.1) is 0 Å². The molecule has 1 amide bonds. The zero-order valence-electron chi connectivity index (χ0n) is 16.4. The highest BCUT2D eigenvalue weighted by atomic mass is 35.5. The van der Waals surface area contributed by atoms with Gasteiger partial charge in [-0.3, -0.25) is 14.3 Å². The van der Waals surface area contributed by atoms with Gasteiger partial charge in [0.25, 0.3) is 0 Å². The molecule has 0 aliphatic carbocycles. The second kappa shape index (κ2) is 9.51. The van der Waals surface area contributed by atoms with Crippen molar-refractivity contribution in [3.05, 3.63) is 83.1 Å². The summed E-state index contributed by atoms with van der Waals surface area (Å²) in [4.78, 5) is 16.8. The molecule has 9 heteroatoms. The molecule has 31 heavy (non-hydrogen) atoms. The lowest BCUT2D eigenvalue weighted by Gasteiger charge is -2.14. The molecule has 0 bridgehead atoms. The average Bonchev–Trinajstić information content (AvgIpc) is 3.17. The van der Waals surface area contributed by atoms with Crippen LogP contribution in [0.4, 0.5) is 5.69 Å². The summed E-state index contributed by atoms with van der Waals surface area (Å²) in [6.45, 7) is 1.81. The molecule has 6 nitrogen and oxygen atoms in total. The van der Waals surface area contributed by atoms with Crippen LogP contribution < -0.4 is 5.32 Å². The van der Waals surface area contributed by atoms with Crippen molar-refractivity contribution in [1.82, 2.24) is 19.7 Å². The van der Waals surface area contributed by atoms with Crippen molar-refractivity contribution >= 4 is 46.6 Å². The summed E-state index contributed by atoms with van der Waals surface area (Å²) in [6.07, 6.45) is 3.41. The number of para-hydroxylation sites is 1. The van der Waals surface area contributed by atoms with E-state index in [9.17, 15) is 4.79 Å². The first-order valence-electron chi connectivity index (χ1n) is 9.36. The zero-order chi connectivity index (χ0) is 21.8. The summed E-state index contributed by atoms with van der Waals surface area (Å²) in [5, 5.41) is 12.6. The largest absolute Gasteiger partial charge is 0.325 e. The molecule has 2 heterocycles. The quantitative estimate of drug-likeness (QED) is 0.363. The Bertz CT molecular complexity index is 1180. The van der Waals surface area contributed by atoms with E-state index in [-0.39, 0.29) is 5.91 Å².